The molecule has 0 unspecified atom stereocenters. The first-order valence-electron chi connectivity index (χ1n) is 8.50. The van der Waals surface area contributed by atoms with Crippen molar-refractivity contribution in [3.63, 3.8) is 0 Å². The minimum atomic E-state index is -3.92. The van der Waals surface area contributed by atoms with Crippen molar-refractivity contribution in [2.75, 3.05) is 25.6 Å². The van der Waals surface area contributed by atoms with E-state index in [-0.39, 0.29) is 17.1 Å². The van der Waals surface area contributed by atoms with Gasteiger partial charge in [-0.1, -0.05) is 30.3 Å². The predicted molar refractivity (Wildman–Crippen MR) is 104 cm³/mol. The number of carboxylic acid groups (broad SMARTS) is 1. The molecule has 0 spiro atoms. The molecule has 0 aliphatic carbocycles. The van der Waals surface area contributed by atoms with E-state index in [0.717, 1.165) is 11.6 Å². The molecule has 0 aliphatic rings. The highest BCUT2D eigenvalue weighted by Crippen LogP contribution is 2.23. The number of carboxylic acids is 1. The van der Waals surface area contributed by atoms with Gasteiger partial charge in [0.1, 0.15) is 4.90 Å². The van der Waals surface area contributed by atoms with E-state index in [4.69, 9.17) is 4.74 Å². The monoisotopic (exact) mass is 392 g/mol. The molecule has 0 fully saturated rings. The Hall–Kier alpha value is -2.42. The second-order valence-corrected chi connectivity index (χ2v) is 7.84. The molecule has 0 aliphatic heterocycles. The molecule has 7 nitrogen and oxygen atoms in total. The van der Waals surface area contributed by atoms with E-state index >= 15 is 0 Å². The normalized spacial score (nSPS) is 12.5. The smallest absolute Gasteiger partial charge is 0.335 e. The Morgan fingerprint density at radius 1 is 1.19 bits per heavy atom. The highest BCUT2D eigenvalue weighted by atomic mass is 32.2. The van der Waals surface area contributed by atoms with Crippen molar-refractivity contribution in [2.45, 2.75) is 24.3 Å². The lowest BCUT2D eigenvalue weighted by molar-refractivity contribution is 0.0696. The zero-order chi connectivity index (χ0) is 19.9. The van der Waals surface area contributed by atoms with Crippen LogP contribution in [0.15, 0.2) is 53.4 Å². The average molecular weight is 392 g/mol. The SMILES string of the molecule is COC[C@H](C)NS(=O)(=O)c1cc(C(=O)O)ccc1NCCc1ccccc1. The fourth-order valence-electron chi connectivity index (χ4n) is 2.62. The van der Waals surface area contributed by atoms with Crippen LogP contribution in [0.25, 0.3) is 0 Å². The molecule has 0 saturated heterocycles. The molecule has 1 atom stereocenters. The molecule has 2 aromatic carbocycles. The summed E-state index contributed by atoms with van der Waals surface area (Å²) in [5.74, 6) is -1.19. The Kier molecular flexibility index (Phi) is 7.35. The third-order valence-electron chi connectivity index (χ3n) is 3.86. The van der Waals surface area contributed by atoms with Crippen molar-refractivity contribution in [1.29, 1.82) is 0 Å². The molecule has 0 amide bonds. The number of methoxy groups -OCH3 is 1. The Balaban J connectivity index is 2.24. The summed E-state index contributed by atoms with van der Waals surface area (Å²) in [4.78, 5) is 11.2. The van der Waals surface area contributed by atoms with Crippen LogP contribution in [0.2, 0.25) is 0 Å². The number of carbonyl (C=O) groups is 1. The zero-order valence-corrected chi connectivity index (χ0v) is 16.1. The first-order chi connectivity index (χ1) is 12.8. The molecule has 0 saturated carbocycles. The summed E-state index contributed by atoms with van der Waals surface area (Å²) in [6, 6.07) is 13.3. The van der Waals surface area contributed by atoms with Crippen LogP contribution in [0.5, 0.6) is 0 Å². The Morgan fingerprint density at radius 2 is 1.89 bits per heavy atom. The number of ether oxygens (including phenoxy) is 1. The van der Waals surface area contributed by atoms with Gasteiger partial charge in [-0.3, -0.25) is 0 Å². The number of nitrogens with one attached hydrogen (secondary N) is 2. The van der Waals surface area contributed by atoms with Gasteiger partial charge in [0.25, 0.3) is 0 Å². The van der Waals surface area contributed by atoms with Crippen LogP contribution >= 0.6 is 0 Å². The largest absolute Gasteiger partial charge is 0.478 e. The van der Waals surface area contributed by atoms with Crippen molar-refractivity contribution < 1.29 is 23.1 Å². The lowest BCUT2D eigenvalue weighted by Crippen LogP contribution is -2.36. The molecule has 3 N–H and O–H groups in total. The van der Waals surface area contributed by atoms with Crippen LogP contribution in [0, 0.1) is 0 Å². The lowest BCUT2D eigenvalue weighted by atomic mass is 10.1. The number of hydrogen-bond acceptors (Lipinski definition) is 5. The third kappa shape index (κ3) is 6.06. The molecule has 0 heterocycles. The second kappa shape index (κ2) is 9.50. The topological polar surface area (TPSA) is 105 Å². The summed E-state index contributed by atoms with van der Waals surface area (Å²) in [5.41, 5.74) is 1.37. The summed E-state index contributed by atoms with van der Waals surface area (Å²) < 4.78 is 33.0. The maximum Gasteiger partial charge on any atom is 0.335 e. The Morgan fingerprint density at radius 3 is 2.52 bits per heavy atom. The summed E-state index contributed by atoms with van der Waals surface area (Å²) >= 11 is 0. The zero-order valence-electron chi connectivity index (χ0n) is 15.3. The maximum absolute atomic E-state index is 12.7. The number of benzene rings is 2. The van der Waals surface area contributed by atoms with E-state index < -0.39 is 22.0 Å². The molecular weight excluding hydrogens is 368 g/mol. The quantitative estimate of drug-likeness (QED) is 0.573. The van der Waals surface area contributed by atoms with E-state index in [2.05, 4.69) is 10.0 Å². The second-order valence-electron chi connectivity index (χ2n) is 6.16. The van der Waals surface area contributed by atoms with Gasteiger partial charge in [0.15, 0.2) is 0 Å². The number of rotatable bonds is 10. The molecule has 2 aromatic rings. The molecule has 146 valence electrons. The standard InChI is InChI=1S/C19H24N2O5S/c1-14(13-26-2)21-27(24,25)18-12-16(19(22)23)8-9-17(18)20-11-10-15-6-4-3-5-7-15/h3-9,12,14,20-21H,10-11,13H2,1-2H3,(H,22,23)/t14-/m0/s1. The van der Waals surface area contributed by atoms with Gasteiger partial charge in [0.05, 0.1) is 17.9 Å². The van der Waals surface area contributed by atoms with Crippen LogP contribution in [-0.4, -0.2) is 45.8 Å². The lowest BCUT2D eigenvalue weighted by Gasteiger charge is -2.17. The van der Waals surface area contributed by atoms with E-state index in [1.54, 1.807) is 6.92 Å². The van der Waals surface area contributed by atoms with Gasteiger partial charge < -0.3 is 15.2 Å². The van der Waals surface area contributed by atoms with Crippen molar-refractivity contribution in [1.82, 2.24) is 4.72 Å². The van der Waals surface area contributed by atoms with Crippen molar-refractivity contribution in [2.24, 2.45) is 0 Å². The van der Waals surface area contributed by atoms with Crippen LogP contribution in [-0.2, 0) is 21.2 Å². The van der Waals surface area contributed by atoms with E-state index in [9.17, 15) is 18.3 Å². The molecule has 0 bridgehead atoms. The highest BCUT2D eigenvalue weighted by Gasteiger charge is 2.22. The van der Waals surface area contributed by atoms with E-state index in [1.165, 1.54) is 19.2 Å². The molecule has 0 aromatic heterocycles. The number of sulfonamides is 1. The van der Waals surface area contributed by atoms with Crippen molar-refractivity contribution >= 4 is 21.7 Å². The van der Waals surface area contributed by atoms with Crippen molar-refractivity contribution in [3.8, 4) is 0 Å². The number of hydrogen-bond donors (Lipinski definition) is 3. The molecule has 8 heteroatoms. The fourth-order valence-corrected chi connectivity index (χ4v) is 4.06. The van der Waals surface area contributed by atoms with Gasteiger partial charge in [-0.05, 0) is 37.1 Å². The Labute approximate surface area is 159 Å². The number of anilines is 1. The van der Waals surface area contributed by atoms with Gasteiger partial charge in [-0.2, -0.15) is 0 Å². The van der Waals surface area contributed by atoms with Gasteiger partial charge >= 0.3 is 5.97 Å². The van der Waals surface area contributed by atoms with Gasteiger partial charge in [-0.25, -0.2) is 17.9 Å². The molecule has 0 radical (unpaired) electrons. The van der Waals surface area contributed by atoms with Gasteiger partial charge in [0.2, 0.25) is 10.0 Å². The molecule has 27 heavy (non-hydrogen) atoms. The molecular formula is C19H24N2O5S. The highest BCUT2D eigenvalue weighted by molar-refractivity contribution is 7.89. The first kappa shape index (κ1) is 20.9. The fraction of sp³-hybridized carbons (Fsp3) is 0.316. The summed E-state index contributed by atoms with van der Waals surface area (Å²) in [6.07, 6.45) is 0.703. The van der Waals surface area contributed by atoms with Crippen LogP contribution in [0.3, 0.4) is 0 Å². The minimum absolute atomic E-state index is 0.0941. The first-order valence-corrected chi connectivity index (χ1v) is 9.98. The van der Waals surface area contributed by atoms with Crippen molar-refractivity contribution in [3.05, 3.63) is 59.7 Å². The van der Waals surface area contributed by atoms with E-state index in [0.29, 0.717) is 18.7 Å². The summed E-state index contributed by atoms with van der Waals surface area (Å²) in [6.45, 7) is 2.38. The van der Waals surface area contributed by atoms with Crippen LogP contribution < -0.4 is 10.0 Å². The summed E-state index contributed by atoms with van der Waals surface area (Å²) in [7, 11) is -2.44. The predicted octanol–water partition coefficient (Wildman–Crippen LogP) is 2.35. The minimum Gasteiger partial charge on any atom is -0.478 e. The maximum atomic E-state index is 12.7. The Bertz CT molecular complexity index is 869. The van der Waals surface area contributed by atoms with Gasteiger partial charge in [-0.15, -0.1) is 0 Å². The van der Waals surface area contributed by atoms with E-state index in [1.807, 2.05) is 30.3 Å². The third-order valence-corrected chi connectivity index (χ3v) is 5.49. The van der Waals surface area contributed by atoms with Crippen LogP contribution in [0.4, 0.5) is 5.69 Å². The average Bonchev–Trinajstić information content (AvgIpc) is 2.62. The van der Waals surface area contributed by atoms with Gasteiger partial charge in [0, 0.05) is 19.7 Å². The summed E-state index contributed by atoms with van der Waals surface area (Å²) in [5, 5.41) is 12.3. The number of aromatic carboxylic acids is 1. The van der Waals surface area contributed by atoms with Crippen LogP contribution in [0.1, 0.15) is 22.8 Å². The molecule has 2 rings (SSSR count).